The van der Waals surface area contributed by atoms with Crippen LogP contribution in [0.4, 0.5) is 8.78 Å². The summed E-state index contributed by atoms with van der Waals surface area (Å²) in [4.78, 5) is 0. The van der Waals surface area contributed by atoms with Gasteiger partial charge in [0.05, 0.1) is 13.2 Å². The van der Waals surface area contributed by atoms with Crippen molar-refractivity contribution in [2.75, 3.05) is 14.2 Å². The van der Waals surface area contributed by atoms with Gasteiger partial charge in [-0.3, -0.25) is 0 Å². The molecule has 112 valence electrons. The summed E-state index contributed by atoms with van der Waals surface area (Å²) in [5.41, 5.74) is 2.18. The number of nitrogens with one attached hydrogen (secondary N) is 1. The minimum Gasteiger partial charge on any atom is -0.496 e. The van der Waals surface area contributed by atoms with Crippen LogP contribution >= 0.6 is 0 Å². The van der Waals surface area contributed by atoms with Gasteiger partial charge < -0.3 is 10.1 Å². The van der Waals surface area contributed by atoms with E-state index in [9.17, 15) is 8.78 Å². The van der Waals surface area contributed by atoms with Crippen LogP contribution in [0.1, 0.15) is 28.3 Å². The van der Waals surface area contributed by atoms with Gasteiger partial charge in [-0.15, -0.1) is 0 Å². The van der Waals surface area contributed by atoms with E-state index >= 15 is 0 Å². The first kappa shape index (κ1) is 15.4. The number of methoxy groups -OCH3 is 1. The smallest absolute Gasteiger partial charge is 0.134 e. The van der Waals surface area contributed by atoms with E-state index in [2.05, 4.69) is 5.32 Å². The number of hydrogen-bond donors (Lipinski definition) is 1. The van der Waals surface area contributed by atoms with Crippen molar-refractivity contribution < 1.29 is 13.5 Å². The zero-order valence-electron chi connectivity index (χ0n) is 12.6. The normalized spacial score (nSPS) is 12.3. The lowest BCUT2D eigenvalue weighted by Crippen LogP contribution is -2.21. The second kappa shape index (κ2) is 6.22. The molecule has 4 heteroatoms. The molecule has 1 N–H and O–H groups in total. The molecular formula is C17H19F2NO. The summed E-state index contributed by atoms with van der Waals surface area (Å²) in [5, 5.41) is 2.98. The van der Waals surface area contributed by atoms with Crippen molar-refractivity contribution in [2.24, 2.45) is 0 Å². The van der Waals surface area contributed by atoms with Gasteiger partial charge in [-0.05, 0) is 49.7 Å². The predicted octanol–water partition coefficient (Wildman–Crippen LogP) is 3.90. The van der Waals surface area contributed by atoms with Crippen molar-refractivity contribution in [1.29, 1.82) is 0 Å². The summed E-state index contributed by atoms with van der Waals surface area (Å²) in [6, 6.07) is 7.70. The Morgan fingerprint density at radius 1 is 1.05 bits per heavy atom. The molecular weight excluding hydrogens is 272 g/mol. The lowest BCUT2D eigenvalue weighted by atomic mass is 9.95. The second-order valence-corrected chi connectivity index (χ2v) is 5.04. The predicted molar refractivity (Wildman–Crippen MR) is 79.7 cm³/mol. The number of benzene rings is 2. The van der Waals surface area contributed by atoms with Crippen LogP contribution in [0, 0.1) is 25.5 Å². The second-order valence-electron chi connectivity index (χ2n) is 5.04. The molecule has 1 unspecified atom stereocenters. The molecule has 0 heterocycles. The van der Waals surface area contributed by atoms with Gasteiger partial charge in [-0.1, -0.05) is 18.2 Å². The van der Waals surface area contributed by atoms with Gasteiger partial charge in [-0.25, -0.2) is 8.78 Å². The number of halogens is 2. The summed E-state index contributed by atoms with van der Waals surface area (Å²) >= 11 is 0. The SMILES string of the molecule is CNC(c1ccc(C)c(OC)c1)c1c(F)ccc(C)c1F. The Bertz CT molecular complexity index is 655. The number of ether oxygens (including phenoxy) is 1. The Morgan fingerprint density at radius 3 is 2.33 bits per heavy atom. The van der Waals surface area contributed by atoms with Crippen LogP contribution in [0.3, 0.4) is 0 Å². The Balaban J connectivity index is 2.57. The van der Waals surface area contributed by atoms with Gasteiger partial charge in [0.15, 0.2) is 0 Å². The van der Waals surface area contributed by atoms with Gasteiger partial charge in [-0.2, -0.15) is 0 Å². The van der Waals surface area contributed by atoms with Gasteiger partial charge in [0.1, 0.15) is 17.4 Å². The maximum absolute atomic E-state index is 14.3. The van der Waals surface area contributed by atoms with E-state index in [0.717, 1.165) is 11.1 Å². The van der Waals surface area contributed by atoms with Crippen LogP contribution in [0.25, 0.3) is 0 Å². The first-order valence-electron chi connectivity index (χ1n) is 6.76. The molecule has 2 nitrogen and oxygen atoms in total. The van der Waals surface area contributed by atoms with Crippen molar-refractivity contribution in [1.82, 2.24) is 5.32 Å². The molecule has 0 aliphatic rings. The van der Waals surface area contributed by atoms with Crippen molar-refractivity contribution in [3.8, 4) is 5.75 Å². The quantitative estimate of drug-likeness (QED) is 0.922. The molecule has 0 aromatic heterocycles. The molecule has 2 aromatic carbocycles. The molecule has 2 aromatic rings. The summed E-state index contributed by atoms with van der Waals surface area (Å²) in [5.74, 6) is -0.382. The van der Waals surface area contributed by atoms with Crippen LogP contribution in [0.5, 0.6) is 5.75 Å². The first-order valence-corrected chi connectivity index (χ1v) is 6.76. The number of rotatable bonds is 4. The molecule has 0 aliphatic carbocycles. The lowest BCUT2D eigenvalue weighted by molar-refractivity contribution is 0.410. The molecule has 0 spiro atoms. The summed E-state index contributed by atoms with van der Waals surface area (Å²) in [6.45, 7) is 3.55. The maximum atomic E-state index is 14.3. The molecule has 0 saturated carbocycles. The lowest BCUT2D eigenvalue weighted by Gasteiger charge is -2.20. The molecule has 0 saturated heterocycles. The molecule has 2 rings (SSSR count). The van der Waals surface area contributed by atoms with Crippen molar-refractivity contribution in [3.05, 3.63) is 64.2 Å². The van der Waals surface area contributed by atoms with Gasteiger partial charge in [0.25, 0.3) is 0 Å². The minimum absolute atomic E-state index is 0.0309. The Labute approximate surface area is 123 Å². The average molecular weight is 291 g/mol. The minimum atomic E-state index is -0.570. The topological polar surface area (TPSA) is 21.3 Å². The highest BCUT2D eigenvalue weighted by Gasteiger charge is 2.22. The largest absolute Gasteiger partial charge is 0.496 e. The van der Waals surface area contributed by atoms with E-state index in [0.29, 0.717) is 11.3 Å². The Kier molecular flexibility index (Phi) is 4.58. The Hall–Kier alpha value is -1.94. The fourth-order valence-electron chi connectivity index (χ4n) is 2.44. The summed E-state index contributed by atoms with van der Waals surface area (Å²) in [6.07, 6.45) is 0. The van der Waals surface area contributed by atoms with Crippen LogP contribution in [0.2, 0.25) is 0 Å². The van der Waals surface area contributed by atoms with Crippen molar-refractivity contribution >= 4 is 0 Å². The molecule has 0 bridgehead atoms. The summed E-state index contributed by atoms with van der Waals surface area (Å²) in [7, 11) is 3.26. The highest BCUT2D eigenvalue weighted by atomic mass is 19.1. The van der Waals surface area contributed by atoms with E-state index < -0.39 is 17.7 Å². The highest BCUT2D eigenvalue weighted by Crippen LogP contribution is 2.31. The van der Waals surface area contributed by atoms with Gasteiger partial charge >= 0.3 is 0 Å². The van der Waals surface area contributed by atoms with Crippen LogP contribution in [0.15, 0.2) is 30.3 Å². The molecule has 0 radical (unpaired) electrons. The first-order chi connectivity index (χ1) is 9.99. The molecule has 21 heavy (non-hydrogen) atoms. The number of aryl methyl sites for hydroxylation is 2. The van der Waals surface area contributed by atoms with E-state index in [-0.39, 0.29) is 5.56 Å². The average Bonchev–Trinajstić information content (AvgIpc) is 2.48. The maximum Gasteiger partial charge on any atom is 0.134 e. The highest BCUT2D eigenvalue weighted by molar-refractivity contribution is 5.42. The standard InChI is InChI=1S/C17H19F2NO/c1-10-5-7-12(9-14(10)21-4)17(20-3)15-13(18)8-6-11(2)16(15)19/h5-9,17,20H,1-4H3. The van der Waals surface area contributed by atoms with Crippen LogP contribution in [-0.2, 0) is 0 Å². The van der Waals surface area contributed by atoms with Crippen LogP contribution < -0.4 is 10.1 Å². The monoisotopic (exact) mass is 291 g/mol. The Morgan fingerprint density at radius 2 is 1.71 bits per heavy atom. The third-order valence-electron chi connectivity index (χ3n) is 3.66. The van der Waals surface area contributed by atoms with Crippen molar-refractivity contribution in [2.45, 2.75) is 19.9 Å². The third-order valence-corrected chi connectivity index (χ3v) is 3.66. The van der Waals surface area contributed by atoms with Crippen molar-refractivity contribution in [3.63, 3.8) is 0 Å². The fraction of sp³-hybridized carbons (Fsp3) is 0.294. The van der Waals surface area contributed by atoms with E-state index in [1.807, 2.05) is 19.1 Å². The van der Waals surface area contributed by atoms with Gasteiger partial charge in [0.2, 0.25) is 0 Å². The number of hydrogen-bond acceptors (Lipinski definition) is 2. The zero-order chi connectivity index (χ0) is 15.6. The fourth-order valence-corrected chi connectivity index (χ4v) is 2.44. The molecule has 0 aliphatic heterocycles. The summed E-state index contributed by atoms with van der Waals surface area (Å²) < 4.78 is 33.7. The molecule has 0 amide bonds. The zero-order valence-corrected chi connectivity index (χ0v) is 12.6. The van der Waals surface area contributed by atoms with E-state index in [1.165, 1.54) is 12.1 Å². The van der Waals surface area contributed by atoms with Gasteiger partial charge in [0, 0.05) is 5.56 Å². The molecule has 1 atom stereocenters. The van der Waals surface area contributed by atoms with Crippen LogP contribution in [-0.4, -0.2) is 14.2 Å². The van der Waals surface area contributed by atoms with E-state index in [4.69, 9.17) is 4.74 Å². The van der Waals surface area contributed by atoms with E-state index in [1.54, 1.807) is 27.1 Å². The third kappa shape index (κ3) is 2.90. The molecule has 0 fully saturated rings.